The summed E-state index contributed by atoms with van der Waals surface area (Å²) in [7, 11) is 0. The van der Waals surface area contributed by atoms with Gasteiger partial charge in [-0.15, -0.1) is 0 Å². The van der Waals surface area contributed by atoms with Gasteiger partial charge in [-0.25, -0.2) is 0 Å². The van der Waals surface area contributed by atoms with E-state index in [0.717, 1.165) is 49.4 Å². The Morgan fingerprint density at radius 3 is 2.47 bits per heavy atom. The van der Waals surface area contributed by atoms with Crippen LogP contribution in [0.15, 0.2) is 0 Å². The van der Waals surface area contributed by atoms with Crippen LogP contribution in [0.2, 0.25) is 0 Å². The fourth-order valence-electron chi connectivity index (χ4n) is 9.67. The zero-order valence-corrected chi connectivity index (χ0v) is 19.8. The van der Waals surface area contributed by atoms with E-state index in [0.29, 0.717) is 29.1 Å². The maximum absolute atomic E-state index is 13.3. The molecule has 2 unspecified atom stereocenters. The second kappa shape index (κ2) is 7.58. The molecule has 0 radical (unpaired) electrons. The Labute approximate surface area is 184 Å². The number of rotatable bonds is 2. The first-order chi connectivity index (χ1) is 14.2. The van der Waals surface area contributed by atoms with Crippen LogP contribution in [0.4, 0.5) is 0 Å². The largest absolute Gasteiger partial charge is 0.393 e. The van der Waals surface area contributed by atoms with Crippen molar-refractivity contribution in [1.82, 2.24) is 5.32 Å². The molecule has 1 aliphatic heterocycles. The third-order valence-electron chi connectivity index (χ3n) is 11.5. The Morgan fingerprint density at radius 2 is 1.73 bits per heavy atom. The monoisotopic (exact) mass is 415 g/mol. The molecule has 0 bridgehead atoms. The minimum absolute atomic E-state index is 0.122. The summed E-state index contributed by atoms with van der Waals surface area (Å²) in [6.07, 6.45) is 11.3. The number of piperidine rings is 1. The van der Waals surface area contributed by atoms with Gasteiger partial charge in [0, 0.05) is 18.4 Å². The van der Waals surface area contributed by atoms with Gasteiger partial charge in [-0.3, -0.25) is 4.79 Å². The first-order valence-electron chi connectivity index (χ1n) is 13.2. The third-order valence-corrected chi connectivity index (χ3v) is 11.5. The highest BCUT2D eigenvalue weighted by atomic mass is 16.3. The predicted molar refractivity (Wildman–Crippen MR) is 121 cm³/mol. The Morgan fingerprint density at radius 1 is 1.00 bits per heavy atom. The van der Waals surface area contributed by atoms with Crippen molar-refractivity contribution in [3.8, 4) is 0 Å². The topological polar surface area (TPSA) is 49.3 Å². The van der Waals surface area contributed by atoms with Crippen LogP contribution in [0.3, 0.4) is 0 Å². The van der Waals surface area contributed by atoms with E-state index in [9.17, 15) is 9.90 Å². The summed E-state index contributed by atoms with van der Waals surface area (Å²) in [5, 5.41) is 14.1. The molecule has 170 valence electrons. The zero-order chi connectivity index (χ0) is 21.3. The van der Waals surface area contributed by atoms with Crippen LogP contribution >= 0.6 is 0 Å². The summed E-state index contributed by atoms with van der Waals surface area (Å²) in [5.41, 5.74) is 0.564. The average Bonchev–Trinajstić information content (AvgIpc) is 3.07. The normalized spacial score (nSPS) is 54.8. The summed E-state index contributed by atoms with van der Waals surface area (Å²) in [6.45, 7) is 11.1. The van der Waals surface area contributed by atoms with Crippen LogP contribution < -0.4 is 5.32 Å². The Kier molecular flexibility index (Phi) is 5.41. The number of hydrogen-bond acceptors (Lipinski definition) is 3. The van der Waals surface area contributed by atoms with Crippen LogP contribution in [-0.4, -0.2) is 29.6 Å². The number of carbonyl (C=O) groups excluding carboxylic acids is 1. The fourth-order valence-corrected chi connectivity index (χ4v) is 9.67. The lowest BCUT2D eigenvalue weighted by Crippen LogP contribution is -2.57. The summed E-state index contributed by atoms with van der Waals surface area (Å²) < 4.78 is 0. The molecule has 30 heavy (non-hydrogen) atoms. The molecule has 3 nitrogen and oxygen atoms in total. The van der Waals surface area contributed by atoms with Crippen molar-refractivity contribution in [2.45, 2.75) is 104 Å². The highest BCUT2D eigenvalue weighted by molar-refractivity contribution is 5.83. The lowest BCUT2D eigenvalue weighted by molar-refractivity contribution is -0.160. The van der Waals surface area contributed by atoms with Gasteiger partial charge in [-0.1, -0.05) is 27.7 Å². The number of Topliss-reactive ketones (excluding diaryl/α,β-unsaturated/α-hetero) is 1. The number of fused-ring (bicyclic) bond motifs is 5. The number of ketones is 1. The molecule has 3 heteroatoms. The highest BCUT2D eigenvalue weighted by Crippen LogP contribution is 2.67. The van der Waals surface area contributed by atoms with Crippen LogP contribution in [0.1, 0.15) is 91.9 Å². The van der Waals surface area contributed by atoms with Crippen molar-refractivity contribution in [1.29, 1.82) is 0 Å². The lowest BCUT2D eigenvalue weighted by Gasteiger charge is -2.60. The van der Waals surface area contributed by atoms with Crippen LogP contribution in [0, 0.1) is 52.3 Å². The standard InChI is InChI=1S/C27H45NO2/c1-16-5-8-24(28-15-16)17(2)20-6-7-21-19-14-25(30)23-13-18(29)9-11-27(23,4)22(19)10-12-26(20,21)3/h16-24,28-29H,5-15H2,1-4H3/t16?,17-,18-,19-,20+,21-,22-,23+,24?,26+,27+/m0/s1. The van der Waals surface area contributed by atoms with Gasteiger partial charge in [0.15, 0.2) is 0 Å². The van der Waals surface area contributed by atoms with Crippen molar-refractivity contribution in [3.05, 3.63) is 0 Å². The molecule has 0 aromatic heterocycles. The van der Waals surface area contributed by atoms with Gasteiger partial charge in [0.05, 0.1) is 6.10 Å². The third kappa shape index (κ3) is 3.16. The highest BCUT2D eigenvalue weighted by Gasteiger charge is 2.62. The molecule has 0 aromatic carbocycles. The van der Waals surface area contributed by atoms with E-state index >= 15 is 0 Å². The van der Waals surface area contributed by atoms with E-state index in [1.54, 1.807) is 0 Å². The van der Waals surface area contributed by atoms with Gasteiger partial charge < -0.3 is 10.4 Å². The van der Waals surface area contributed by atoms with Gasteiger partial charge in [0.1, 0.15) is 5.78 Å². The van der Waals surface area contributed by atoms with Crippen LogP contribution in [-0.2, 0) is 4.79 Å². The Hall–Kier alpha value is -0.410. The second-order valence-corrected chi connectivity index (χ2v) is 12.8. The average molecular weight is 416 g/mol. The number of aliphatic hydroxyl groups excluding tert-OH is 1. The van der Waals surface area contributed by atoms with E-state index in [1.165, 1.54) is 45.1 Å². The summed E-state index contributed by atoms with van der Waals surface area (Å²) >= 11 is 0. The molecule has 0 spiro atoms. The Balaban J connectivity index is 1.36. The molecular formula is C27H45NO2. The predicted octanol–water partition coefficient (Wildman–Crippen LogP) is 5.21. The number of hydrogen-bond donors (Lipinski definition) is 2. The molecule has 5 aliphatic rings. The summed E-state index contributed by atoms with van der Waals surface area (Å²) in [6, 6.07) is 0.689. The molecular weight excluding hydrogens is 370 g/mol. The maximum atomic E-state index is 13.3. The Bertz CT molecular complexity index is 670. The minimum atomic E-state index is -0.250. The second-order valence-electron chi connectivity index (χ2n) is 12.8. The van der Waals surface area contributed by atoms with Gasteiger partial charge >= 0.3 is 0 Å². The van der Waals surface area contributed by atoms with Crippen molar-refractivity contribution in [2.24, 2.45) is 52.3 Å². The summed E-state index contributed by atoms with van der Waals surface area (Å²) in [4.78, 5) is 13.3. The maximum Gasteiger partial charge on any atom is 0.136 e. The van der Waals surface area contributed by atoms with E-state index in [1.807, 2.05) is 0 Å². The quantitative estimate of drug-likeness (QED) is 0.651. The molecule has 4 saturated carbocycles. The molecule has 5 rings (SSSR count). The molecule has 1 heterocycles. The number of nitrogens with one attached hydrogen (secondary N) is 1. The van der Waals surface area contributed by atoms with Crippen LogP contribution in [0.25, 0.3) is 0 Å². The fraction of sp³-hybridized carbons (Fsp3) is 0.963. The molecule has 0 aromatic rings. The van der Waals surface area contributed by atoms with E-state index in [4.69, 9.17) is 0 Å². The SMILES string of the molecule is CC1CCC([C@@H](C)[C@H]2CC[C@H]3[C@@H]4CC(=O)[C@H]5C[C@@H](O)CC[C@]5(C)[C@H]4CC[C@]23C)NC1. The van der Waals surface area contributed by atoms with E-state index in [2.05, 4.69) is 33.0 Å². The first kappa shape index (κ1) is 21.4. The summed E-state index contributed by atoms with van der Waals surface area (Å²) in [5.74, 6) is 5.03. The van der Waals surface area contributed by atoms with Gasteiger partial charge in [0.2, 0.25) is 0 Å². The van der Waals surface area contributed by atoms with Crippen molar-refractivity contribution in [2.75, 3.05) is 6.54 Å². The first-order valence-corrected chi connectivity index (χ1v) is 13.2. The minimum Gasteiger partial charge on any atom is -0.393 e. The van der Waals surface area contributed by atoms with E-state index < -0.39 is 0 Å². The zero-order valence-electron chi connectivity index (χ0n) is 19.8. The van der Waals surface area contributed by atoms with Gasteiger partial charge in [-0.2, -0.15) is 0 Å². The van der Waals surface area contributed by atoms with Crippen LogP contribution in [0.5, 0.6) is 0 Å². The van der Waals surface area contributed by atoms with Crippen molar-refractivity contribution in [3.63, 3.8) is 0 Å². The molecule has 0 amide bonds. The van der Waals surface area contributed by atoms with Crippen molar-refractivity contribution >= 4 is 5.78 Å². The number of carbonyl (C=O) groups is 1. The molecule has 1 saturated heterocycles. The van der Waals surface area contributed by atoms with Gasteiger partial charge in [-0.05, 0) is 111 Å². The molecule has 2 N–H and O–H groups in total. The number of aliphatic hydroxyl groups is 1. The van der Waals surface area contributed by atoms with E-state index in [-0.39, 0.29) is 17.4 Å². The van der Waals surface area contributed by atoms with Crippen molar-refractivity contribution < 1.29 is 9.90 Å². The smallest absolute Gasteiger partial charge is 0.136 e. The van der Waals surface area contributed by atoms with Gasteiger partial charge in [0.25, 0.3) is 0 Å². The lowest BCUT2D eigenvalue weighted by atomic mass is 9.44. The molecule has 4 aliphatic carbocycles. The molecule has 5 fully saturated rings. The molecule has 11 atom stereocenters.